The molecular formula is C11H9BrFN3O3. The van der Waals surface area contributed by atoms with Crippen molar-refractivity contribution in [3.63, 3.8) is 0 Å². The van der Waals surface area contributed by atoms with E-state index in [-0.39, 0.29) is 29.0 Å². The van der Waals surface area contributed by atoms with Gasteiger partial charge in [-0.3, -0.25) is 10.1 Å². The summed E-state index contributed by atoms with van der Waals surface area (Å²) in [4.78, 5) is 12.0. The van der Waals surface area contributed by atoms with Gasteiger partial charge >= 0.3 is 0 Å². The molecule has 0 radical (unpaired) electrons. The molecule has 1 aliphatic rings. The van der Waals surface area contributed by atoms with E-state index in [1.54, 1.807) is 4.90 Å². The molecule has 0 spiro atoms. The Labute approximate surface area is 116 Å². The first-order chi connectivity index (χ1) is 9.02. The van der Waals surface area contributed by atoms with Crippen molar-refractivity contribution >= 4 is 27.3 Å². The van der Waals surface area contributed by atoms with Gasteiger partial charge in [0, 0.05) is 18.7 Å². The van der Waals surface area contributed by atoms with Crippen molar-refractivity contribution in [3.05, 3.63) is 32.5 Å². The van der Waals surface area contributed by atoms with Crippen LogP contribution >= 0.6 is 15.9 Å². The third-order valence-electron chi connectivity index (χ3n) is 2.77. The van der Waals surface area contributed by atoms with Gasteiger partial charge in [-0.2, -0.15) is 5.26 Å². The van der Waals surface area contributed by atoms with Crippen molar-refractivity contribution in [2.24, 2.45) is 0 Å². The summed E-state index contributed by atoms with van der Waals surface area (Å²) in [7, 11) is 0. The monoisotopic (exact) mass is 329 g/mol. The zero-order chi connectivity index (χ0) is 14.0. The normalized spacial score (nSPS) is 19.0. The quantitative estimate of drug-likeness (QED) is 0.614. The minimum Gasteiger partial charge on any atom is -0.360 e. The number of hydrogen-bond acceptors (Lipinski definition) is 5. The van der Waals surface area contributed by atoms with E-state index in [2.05, 4.69) is 15.9 Å². The van der Waals surface area contributed by atoms with Crippen LogP contribution in [0.5, 0.6) is 0 Å². The Hall–Kier alpha value is -1.72. The summed E-state index contributed by atoms with van der Waals surface area (Å²) in [5.74, 6) is -0.583. The van der Waals surface area contributed by atoms with Crippen LogP contribution < -0.4 is 4.90 Å². The van der Waals surface area contributed by atoms with Crippen molar-refractivity contribution in [2.45, 2.75) is 6.10 Å². The first-order valence-corrected chi connectivity index (χ1v) is 6.22. The van der Waals surface area contributed by atoms with Gasteiger partial charge in [-0.05, 0) is 15.9 Å². The maximum Gasteiger partial charge on any atom is 0.293 e. The van der Waals surface area contributed by atoms with Crippen molar-refractivity contribution in [1.29, 1.82) is 5.26 Å². The summed E-state index contributed by atoms with van der Waals surface area (Å²) >= 11 is 2.92. The van der Waals surface area contributed by atoms with Gasteiger partial charge in [-0.15, -0.1) is 0 Å². The number of nitro groups is 1. The second-order valence-corrected chi connectivity index (χ2v) is 4.80. The summed E-state index contributed by atoms with van der Waals surface area (Å²) < 4.78 is 18.8. The van der Waals surface area contributed by atoms with Gasteiger partial charge in [0.25, 0.3) is 5.69 Å². The molecule has 1 fully saturated rings. The predicted molar refractivity (Wildman–Crippen MR) is 68.3 cm³/mol. The molecule has 1 aromatic carbocycles. The minimum atomic E-state index is -0.667. The van der Waals surface area contributed by atoms with Gasteiger partial charge in [-0.25, -0.2) is 4.39 Å². The molecular weight excluding hydrogens is 321 g/mol. The summed E-state index contributed by atoms with van der Waals surface area (Å²) in [6, 6.07) is 4.17. The lowest BCUT2D eigenvalue weighted by Gasteiger charge is -2.31. The molecule has 100 valence electrons. The second kappa shape index (κ2) is 5.50. The van der Waals surface area contributed by atoms with E-state index in [1.165, 1.54) is 0 Å². The molecule has 2 rings (SSSR count). The molecule has 1 heterocycles. The van der Waals surface area contributed by atoms with Crippen molar-refractivity contribution < 1.29 is 14.1 Å². The summed E-state index contributed by atoms with van der Waals surface area (Å²) in [5, 5.41) is 19.8. The van der Waals surface area contributed by atoms with Crippen LogP contribution in [0.4, 0.5) is 15.8 Å². The Morgan fingerprint density at radius 1 is 1.63 bits per heavy atom. The molecule has 8 heteroatoms. The fraction of sp³-hybridized carbons (Fsp3) is 0.364. The van der Waals surface area contributed by atoms with E-state index in [0.29, 0.717) is 6.54 Å². The van der Waals surface area contributed by atoms with Crippen LogP contribution in [0.1, 0.15) is 0 Å². The molecule has 0 N–H and O–H groups in total. The number of ether oxygens (including phenoxy) is 1. The van der Waals surface area contributed by atoms with Crippen LogP contribution in [-0.2, 0) is 4.74 Å². The molecule has 1 aliphatic heterocycles. The Kier molecular flexibility index (Phi) is 3.97. The lowest BCUT2D eigenvalue weighted by atomic mass is 10.2. The number of halogens is 2. The van der Waals surface area contributed by atoms with Crippen LogP contribution in [0.3, 0.4) is 0 Å². The van der Waals surface area contributed by atoms with E-state index in [4.69, 9.17) is 10.00 Å². The number of hydrogen-bond donors (Lipinski definition) is 0. The molecule has 0 aromatic heterocycles. The lowest BCUT2D eigenvalue weighted by molar-refractivity contribution is -0.384. The minimum absolute atomic E-state index is 0.0352. The average Bonchev–Trinajstić information content (AvgIpc) is 2.41. The Bertz CT molecular complexity index is 561. The fourth-order valence-electron chi connectivity index (χ4n) is 1.87. The number of rotatable bonds is 2. The highest BCUT2D eigenvalue weighted by Gasteiger charge is 2.27. The number of anilines is 1. The Morgan fingerprint density at radius 2 is 2.37 bits per heavy atom. The van der Waals surface area contributed by atoms with E-state index in [9.17, 15) is 14.5 Å². The number of benzene rings is 1. The van der Waals surface area contributed by atoms with E-state index >= 15 is 0 Å². The van der Waals surface area contributed by atoms with Gasteiger partial charge < -0.3 is 9.64 Å². The summed E-state index contributed by atoms with van der Waals surface area (Å²) in [5.41, 5.74) is -0.0406. The highest BCUT2D eigenvalue weighted by atomic mass is 79.9. The van der Waals surface area contributed by atoms with Gasteiger partial charge in [0.15, 0.2) is 6.10 Å². The van der Waals surface area contributed by atoms with Crippen LogP contribution in [0.15, 0.2) is 16.6 Å². The predicted octanol–water partition coefficient (Wildman–Crippen LogP) is 2.23. The SMILES string of the molecule is N#CC1CN(c2cc(F)c(Br)cc2[N+](=O)[O-])CCO1. The maximum absolute atomic E-state index is 13.6. The molecule has 1 unspecified atom stereocenters. The highest BCUT2D eigenvalue weighted by molar-refractivity contribution is 9.10. The molecule has 1 saturated heterocycles. The Morgan fingerprint density at radius 3 is 3.00 bits per heavy atom. The molecule has 19 heavy (non-hydrogen) atoms. The van der Waals surface area contributed by atoms with Crippen LogP contribution in [-0.4, -0.2) is 30.7 Å². The molecule has 6 nitrogen and oxygen atoms in total. The largest absolute Gasteiger partial charge is 0.360 e. The first kappa shape index (κ1) is 13.7. The second-order valence-electron chi connectivity index (χ2n) is 3.95. The zero-order valence-electron chi connectivity index (χ0n) is 9.68. The van der Waals surface area contributed by atoms with E-state index in [1.807, 2.05) is 6.07 Å². The van der Waals surface area contributed by atoms with E-state index in [0.717, 1.165) is 12.1 Å². The van der Waals surface area contributed by atoms with Crippen LogP contribution in [0.2, 0.25) is 0 Å². The lowest BCUT2D eigenvalue weighted by Crippen LogP contribution is -2.42. The molecule has 1 aromatic rings. The smallest absolute Gasteiger partial charge is 0.293 e. The standard InChI is InChI=1S/C11H9BrFN3O3/c12-8-3-11(16(17)18)10(4-9(8)13)15-1-2-19-7(5-14)6-15/h3-4,7H,1-2,6H2. The third-order valence-corrected chi connectivity index (χ3v) is 3.37. The number of nitro benzene ring substituents is 1. The fourth-order valence-corrected chi connectivity index (χ4v) is 2.20. The number of morpholine rings is 1. The van der Waals surface area contributed by atoms with Crippen molar-refractivity contribution in [1.82, 2.24) is 0 Å². The zero-order valence-corrected chi connectivity index (χ0v) is 11.3. The molecule has 1 atom stereocenters. The van der Waals surface area contributed by atoms with Gasteiger partial charge in [-0.1, -0.05) is 0 Å². The third kappa shape index (κ3) is 2.83. The van der Waals surface area contributed by atoms with Gasteiger partial charge in [0.05, 0.1) is 28.6 Å². The van der Waals surface area contributed by atoms with Gasteiger partial charge in [0.1, 0.15) is 11.5 Å². The van der Waals surface area contributed by atoms with Crippen molar-refractivity contribution in [2.75, 3.05) is 24.6 Å². The Balaban J connectivity index is 2.40. The van der Waals surface area contributed by atoms with Crippen LogP contribution in [0.25, 0.3) is 0 Å². The molecule has 0 aliphatic carbocycles. The summed E-state index contributed by atoms with van der Waals surface area (Å²) in [6.07, 6.45) is -0.667. The first-order valence-electron chi connectivity index (χ1n) is 5.42. The molecule has 0 amide bonds. The maximum atomic E-state index is 13.6. The molecule has 0 saturated carbocycles. The highest BCUT2D eigenvalue weighted by Crippen LogP contribution is 2.34. The number of nitrogens with zero attached hydrogens (tertiary/aromatic N) is 3. The van der Waals surface area contributed by atoms with Crippen LogP contribution in [0, 0.1) is 27.3 Å². The van der Waals surface area contributed by atoms with E-state index < -0.39 is 16.8 Å². The van der Waals surface area contributed by atoms with Crippen molar-refractivity contribution in [3.8, 4) is 6.07 Å². The van der Waals surface area contributed by atoms with Gasteiger partial charge in [0.2, 0.25) is 0 Å². The molecule has 0 bridgehead atoms. The number of nitriles is 1. The topological polar surface area (TPSA) is 79.4 Å². The summed E-state index contributed by atoms with van der Waals surface area (Å²) in [6.45, 7) is 0.825. The average molecular weight is 330 g/mol.